The number of nitrogens with zero attached hydrogens (tertiary/aromatic N) is 1. The normalized spacial score (nSPS) is 22.5. The van der Waals surface area contributed by atoms with Crippen molar-refractivity contribution in [2.45, 2.75) is 30.8 Å². The van der Waals surface area contributed by atoms with Crippen molar-refractivity contribution in [1.29, 1.82) is 0 Å². The van der Waals surface area contributed by atoms with Gasteiger partial charge in [-0.3, -0.25) is 0 Å². The fraction of sp³-hybridized carbons (Fsp3) is 0.135. The zero-order valence-electron chi connectivity index (χ0n) is 22.7. The number of furan rings is 1. The van der Waals surface area contributed by atoms with Crippen LogP contribution in [-0.2, 0) is 11.8 Å². The highest BCUT2D eigenvalue weighted by Crippen LogP contribution is 2.57. The molecule has 2 N–H and O–H groups in total. The number of fused-ring (bicyclic) bond motifs is 10. The largest absolute Gasteiger partial charge is 0.456 e. The Kier molecular flexibility index (Phi) is 4.74. The second kappa shape index (κ2) is 8.32. The smallest absolute Gasteiger partial charge is 0.135 e. The molecule has 4 aromatic carbocycles. The Morgan fingerprint density at radius 1 is 0.902 bits per heavy atom. The summed E-state index contributed by atoms with van der Waals surface area (Å²) in [7, 11) is 0. The first-order chi connectivity index (χ1) is 20.1. The fourth-order valence-electron chi connectivity index (χ4n) is 7.34. The highest BCUT2D eigenvalue weighted by Gasteiger charge is 2.48. The van der Waals surface area contributed by atoms with Crippen LogP contribution in [0.15, 0.2) is 114 Å². The summed E-state index contributed by atoms with van der Waals surface area (Å²) in [5, 5.41) is 3.85. The van der Waals surface area contributed by atoms with Gasteiger partial charge < -0.3 is 15.1 Å². The topological polar surface area (TPSA) is 42.4 Å². The number of hydrogen-bond acceptors (Lipinski definition) is 4. The van der Waals surface area contributed by atoms with E-state index in [2.05, 4.69) is 115 Å². The van der Waals surface area contributed by atoms with Crippen molar-refractivity contribution in [2.75, 3.05) is 4.90 Å². The molecule has 0 spiro atoms. The van der Waals surface area contributed by atoms with E-state index in [0.717, 1.165) is 23.2 Å². The van der Waals surface area contributed by atoms with Crippen molar-refractivity contribution in [2.24, 2.45) is 5.73 Å². The molecule has 2 aliphatic carbocycles. The van der Waals surface area contributed by atoms with Gasteiger partial charge in [0.25, 0.3) is 0 Å². The quantitative estimate of drug-likeness (QED) is 0.234. The molecule has 0 fully saturated rings. The highest BCUT2D eigenvalue weighted by molar-refractivity contribution is 7.26. The van der Waals surface area contributed by atoms with E-state index in [1.807, 2.05) is 23.5 Å². The lowest BCUT2D eigenvalue weighted by molar-refractivity contribution is 0.551. The number of nitrogens with two attached hydrogens (primary N) is 1. The molecule has 3 aliphatic rings. The summed E-state index contributed by atoms with van der Waals surface area (Å²) in [6.07, 6.45) is 14.0. The number of thiophene rings is 1. The van der Waals surface area contributed by atoms with E-state index < -0.39 is 0 Å². The number of rotatable bonds is 2. The monoisotopic (exact) mass is 548 g/mol. The molecular weight excluding hydrogens is 520 g/mol. The summed E-state index contributed by atoms with van der Waals surface area (Å²) in [4.78, 5) is 2.61. The molecule has 198 valence electrons. The Bertz CT molecular complexity index is 2140. The van der Waals surface area contributed by atoms with Crippen LogP contribution >= 0.6 is 11.3 Å². The number of hydrogen-bond donors (Lipinski definition) is 1. The van der Waals surface area contributed by atoms with Crippen molar-refractivity contribution in [3.8, 4) is 11.1 Å². The molecule has 0 radical (unpaired) electrons. The van der Waals surface area contributed by atoms with Gasteiger partial charge in [0.05, 0.1) is 11.7 Å². The molecule has 3 unspecified atom stereocenters. The van der Waals surface area contributed by atoms with Gasteiger partial charge in [0.15, 0.2) is 0 Å². The summed E-state index contributed by atoms with van der Waals surface area (Å²) in [6, 6.07) is 29.2. The van der Waals surface area contributed by atoms with Crippen LogP contribution in [0.4, 0.5) is 11.4 Å². The van der Waals surface area contributed by atoms with Crippen LogP contribution in [0.5, 0.6) is 0 Å². The zero-order chi connectivity index (χ0) is 27.3. The molecule has 3 nitrogen and oxygen atoms in total. The van der Waals surface area contributed by atoms with Gasteiger partial charge in [-0.15, -0.1) is 11.3 Å². The molecule has 4 heteroatoms. The van der Waals surface area contributed by atoms with E-state index >= 15 is 0 Å². The number of allylic oxidation sites excluding steroid dienone is 2. The summed E-state index contributed by atoms with van der Waals surface area (Å²) in [5.74, 6) is 0.933. The molecule has 3 atom stereocenters. The molecule has 2 aromatic heterocycles. The second-order valence-corrected chi connectivity index (χ2v) is 12.8. The number of anilines is 2. The lowest BCUT2D eigenvalue weighted by atomic mass is 9.76. The lowest BCUT2D eigenvalue weighted by Crippen LogP contribution is -2.39. The molecule has 0 bridgehead atoms. The molecular formula is C37H28N2OS. The van der Waals surface area contributed by atoms with Crippen molar-refractivity contribution in [3.63, 3.8) is 0 Å². The van der Waals surface area contributed by atoms with Crippen LogP contribution < -0.4 is 10.6 Å². The van der Waals surface area contributed by atoms with Gasteiger partial charge in [-0.25, -0.2) is 0 Å². The van der Waals surface area contributed by atoms with Crippen LogP contribution in [0.3, 0.4) is 0 Å². The molecule has 6 aromatic rings. The van der Waals surface area contributed by atoms with E-state index in [0.29, 0.717) is 0 Å². The molecule has 3 heterocycles. The Labute approximate surface area is 242 Å². The Morgan fingerprint density at radius 3 is 2.73 bits per heavy atom. The predicted octanol–water partition coefficient (Wildman–Crippen LogP) is 9.27. The first kappa shape index (κ1) is 23.3. The maximum absolute atomic E-state index is 6.31. The van der Waals surface area contributed by atoms with Crippen LogP contribution in [-0.4, -0.2) is 12.1 Å². The Balaban J connectivity index is 1.31. The van der Waals surface area contributed by atoms with Gasteiger partial charge in [-0.2, -0.15) is 0 Å². The van der Waals surface area contributed by atoms with Crippen molar-refractivity contribution in [3.05, 3.63) is 126 Å². The minimum atomic E-state index is -0.134. The van der Waals surface area contributed by atoms with Crippen LogP contribution in [0.25, 0.3) is 48.3 Å². The summed E-state index contributed by atoms with van der Waals surface area (Å²) < 4.78 is 8.87. The predicted molar refractivity (Wildman–Crippen MR) is 173 cm³/mol. The van der Waals surface area contributed by atoms with Crippen molar-refractivity contribution >= 4 is 59.9 Å². The summed E-state index contributed by atoms with van der Waals surface area (Å²) in [5.41, 5.74) is 14.6. The maximum atomic E-state index is 6.31. The molecule has 41 heavy (non-hydrogen) atoms. The third-order valence-electron chi connectivity index (χ3n) is 9.31. The van der Waals surface area contributed by atoms with Gasteiger partial charge in [0.2, 0.25) is 0 Å². The molecule has 1 aliphatic heterocycles. The number of benzene rings is 4. The van der Waals surface area contributed by atoms with E-state index in [1.165, 1.54) is 53.8 Å². The lowest BCUT2D eigenvalue weighted by Gasteiger charge is -2.35. The fourth-order valence-corrected chi connectivity index (χ4v) is 8.45. The van der Waals surface area contributed by atoms with Gasteiger partial charge in [0.1, 0.15) is 11.3 Å². The average Bonchev–Trinajstić information content (AvgIpc) is 3.64. The van der Waals surface area contributed by atoms with E-state index in [9.17, 15) is 0 Å². The summed E-state index contributed by atoms with van der Waals surface area (Å²) >= 11 is 1.88. The molecule has 9 rings (SSSR count). The Hall–Kier alpha value is -4.38. The Morgan fingerprint density at radius 2 is 1.78 bits per heavy atom. The molecule has 0 saturated heterocycles. The second-order valence-electron chi connectivity index (χ2n) is 11.7. The van der Waals surface area contributed by atoms with E-state index in [1.54, 1.807) is 0 Å². The van der Waals surface area contributed by atoms with Gasteiger partial charge in [-0.05, 0) is 60.9 Å². The highest BCUT2D eigenvalue weighted by atomic mass is 32.1. The van der Waals surface area contributed by atoms with E-state index in [4.69, 9.17) is 10.2 Å². The summed E-state index contributed by atoms with van der Waals surface area (Å²) in [6.45, 7) is 2.39. The van der Waals surface area contributed by atoms with Gasteiger partial charge in [-0.1, -0.05) is 78.9 Å². The van der Waals surface area contributed by atoms with Crippen LogP contribution in [0, 0.1) is 0 Å². The van der Waals surface area contributed by atoms with Crippen LogP contribution in [0.1, 0.15) is 23.8 Å². The standard InChI is InChI=1S/C37H28N2OS/c1-37-19-7-6-12-34(37)39(36-28(37)15-18-33-35(36)25-9-3-5-11-32(25)41-33)29-10-4-2-8-24(29)22-13-16-30-26(20-22)27-21-23(38)14-17-31(27)40-30/h2-20,23,34H,21,38H2,1H3. The van der Waals surface area contributed by atoms with Gasteiger partial charge in [0, 0.05) is 53.8 Å². The van der Waals surface area contributed by atoms with Crippen LogP contribution in [0.2, 0.25) is 0 Å². The minimum absolute atomic E-state index is 0.0204. The maximum Gasteiger partial charge on any atom is 0.135 e. The third kappa shape index (κ3) is 3.17. The van der Waals surface area contributed by atoms with Gasteiger partial charge >= 0.3 is 0 Å². The first-order valence-corrected chi connectivity index (χ1v) is 15.1. The molecule has 0 saturated carbocycles. The molecule has 0 amide bonds. The minimum Gasteiger partial charge on any atom is -0.456 e. The van der Waals surface area contributed by atoms with Crippen molar-refractivity contribution in [1.82, 2.24) is 0 Å². The zero-order valence-corrected chi connectivity index (χ0v) is 23.5. The van der Waals surface area contributed by atoms with E-state index in [-0.39, 0.29) is 17.5 Å². The van der Waals surface area contributed by atoms with Crippen molar-refractivity contribution < 1.29 is 4.42 Å². The third-order valence-corrected chi connectivity index (χ3v) is 10.4. The number of para-hydroxylation sites is 1. The first-order valence-electron chi connectivity index (χ1n) is 14.3. The average molecular weight is 549 g/mol. The SMILES string of the molecule is CC12C=CC=CC1N(c1ccccc1-c1ccc3oc4c(c3c1)CC(N)C=C4)c1c2ccc2sc3ccccc3c12.